The molecule has 0 saturated carbocycles. The largest absolute Gasteiger partial charge is 0.401 e. The minimum atomic E-state index is -4.28. The molecule has 0 heterocycles. The summed E-state index contributed by atoms with van der Waals surface area (Å²) in [7, 11) is 0. The summed E-state index contributed by atoms with van der Waals surface area (Å²) in [6.07, 6.45) is -4.67. The van der Waals surface area contributed by atoms with Crippen molar-refractivity contribution in [2.24, 2.45) is 5.41 Å². The van der Waals surface area contributed by atoms with Crippen LogP contribution in [0.1, 0.15) is 27.2 Å². The lowest BCUT2D eigenvalue weighted by Gasteiger charge is -2.29. The van der Waals surface area contributed by atoms with Crippen LogP contribution in [0.3, 0.4) is 0 Å². The lowest BCUT2D eigenvalue weighted by atomic mass is 9.87. The number of alkyl halides is 3. The van der Waals surface area contributed by atoms with Crippen molar-refractivity contribution >= 4 is 0 Å². The maximum atomic E-state index is 12.2. The van der Waals surface area contributed by atoms with Gasteiger partial charge in [-0.15, -0.1) is 0 Å². The van der Waals surface area contributed by atoms with Gasteiger partial charge in [-0.1, -0.05) is 20.8 Å². The third kappa shape index (κ3) is 8.40. The lowest BCUT2D eigenvalue weighted by Crippen LogP contribution is -2.39. The van der Waals surface area contributed by atoms with Crippen molar-refractivity contribution in [2.45, 2.75) is 39.5 Å². The molecule has 0 aromatic rings. The first-order chi connectivity index (χ1) is 7.56. The summed E-state index contributed by atoms with van der Waals surface area (Å²) in [6, 6.07) is 0. The quantitative estimate of drug-likeness (QED) is 0.760. The van der Waals surface area contributed by atoms with E-state index in [1.807, 2.05) is 20.8 Å². The molecule has 17 heavy (non-hydrogen) atoms. The summed E-state index contributed by atoms with van der Waals surface area (Å²) in [5.41, 5.74) is -0.344. The molecule has 1 atom stereocenters. The van der Waals surface area contributed by atoms with Crippen molar-refractivity contribution in [2.75, 3.05) is 26.2 Å². The third-order valence-corrected chi connectivity index (χ3v) is 2.54. The number of aliphatic hydroxyl groups is 2. The first-order valence-corrected chi connectivity index (χ1v) is 5.64. The molecule has 2 N–H and O–H groups in total. The molecule has 0 aliphatic carbocycles. The van der Waals surface area contributed by atoms with Gasteiger partial charge in [-0.05, 0) is 11.8 Å². The molecule has 0 aromatic heterocycles. The van der Waals surface area contributed by atoms with E-state index >= 15 is 0 Å². The van der Waals surface area contributed by atoms with Gasteiger partial charge in [0.1, 0.15) is 0 Å². The predicted molar refractivity (Wildman–Crippen MR) is 59.7 cm³/mol. The molecular formula is C11H22F3NO2. The van der Waals surface area contributed by atoms with Crippen LogP contribution in [0.5, 0.6) is 0 Å². The van der Waals surface area contributed by atoms with Gasteiger partial charge in [0.15, 0.2) is 0 Å². The number of hydrogen-bond donors (Lipinski definition) is 2. The van der Waals surface area contributed by atoms with Crippen molar-refractivity contribution in [3.63, 3.8) is 0 Å². The van der Waals surface area contributed by atoms with Crippen LogP contribution in [0, 0.1) is 5.41 Å². The first kappa shape index (κ1) is 16.7. The summed E-state index contributed by atoms with van der Waals surface area (Å²) < 4.78 is 36.6. The molecule has 0 bridgehead atoms. The van der Waals surface area contributed by atoms with Crippen LogP contribution in [0.4, 0.5) is 13.2 Å². The summed E-state index contributed by atoms with van der Waals surface area (Å²) >= 11 is 0. The fourth-order valence-corrected chi connectivity index (χ4v) is 1.40. The van der Waals surface area contributed by atoms with Crippen LogP contribution in [0.15, 0.2) is 0 Å². The van der Waals surface area contributed by atoms with E-state index in [1.165, 1.54) is 0 Å². The average Bonchev–Trinajstić information content (AvgIpc) is 2.10. The van der Waals surface area contributed by atoms with E-state index in [9.17, 15) is 18.3 Å². The van der Waals surface area contributed by atoms with E-state index in [2.05, 4.69) is 0 Å². The third-order valence-electron chi connectivity index (χ3n) is 2.54. The zero-order chi connectivity index (χ0) is 13.7. The van der Waals surface area contributed by atoms with E-state index in [-0.39, 0.29) is 31.5 Å². The Morgan fingerprint density at radius 1 is 1.12 bits per heavy atom. The summed E-state index contributed by atoms with van der Waals surface area (Å²) in [5.74, 6) is 0. The number of halogens is 3. The summed E-state index contributed by atoms with van der Waals surface area (Å²) in [5, 5.41) is 18.4. The van der Waals surface area contributed by atoms with E-state index < -0.39 is 18.8 Å². The van der Waals surface area contributed by atoms with E-state index in [1.54, 1.807) is 0 Å². The minimum absolute atomic E-state index is 0.0314. The predicted octanol–water partition coefficient (Wildman–Crippen LogP) is 1.64. The van der Waals surface area contributed by atoms with Gasteiger partial charge in [0, 0.05) is 13.1 Å². The molecule has 0 rings (SSSR count). The topological polar surface area (TPSA) is 43.7 Å². The van der Waals surface area contributed by atoms with Crippen LogP contribution >= 0.6 is 0 Å². The number of aliphatic hydroxyl groups excluding tert-OH is 2. The van der Waals surface area contributed by atoms with Crippen LogP contribution in [-0.2, 0) is 0 Å². The van der Waals surface area contributed by atoms with Gasteiger partial charge in [-0.2, -0.15) is 13.2 Å². The highest BCUT2D eigenvalue weighted by molar-refractivity contribution is 4.74. The Kier molecular flexibility index (Phi) is 6.43. The van der Waals surface area contributed by atoms with E-state index in [0.29, 0.717) is 0 Å². The van der Waals surface area contributed by atoms with Crippen molar-refractivity contribution in [3.8, 4) is 0 Å². The molecule has 1 unspecified atom stereocenters. The molecule has 104 valence electrons. The highest BCUT2D eigenvalue weighted by Crippen LogP contribution is 2.22. The molecule has 0 aromatic carbocycles. The van der Waals surface area contributed by atoms with Crippen LogP contribution in [0.25, 0.3) is 0 Å². The van der Waals surface area contributed by atoms with E-state index in [0.717, 1.165) is 4.90 Å². The molecule has 0 amide bonds. The van der Waals surface area contributed by atoms with Gasteiger partial charge in [-0.3, -0.25) is 4.90 Å². The van der Waals surface area contributed by atoms with Crippen molar-refractivity contribution in [3.05, 3.63) is 0 Å². The van der Waals surface area contributed by atoms with Crippen molar-refractivity contribution < 1.29 is 23.4 Å². The normalized spacial score (nSPS) is 15.4. The number of hydrogen-bond acceptors (Lipinski definition) is 3. The minimum Gasteiger partial charge on any atom is -0.395 e. The molecule has 0 spiro atoms. The summed E-state index contributed by atoms with van der Waals surface area (Å²) in [4.78, 5) is 1.11. The Bertz CT molecular complexity index is 214. The second kappa shape index (κ2) is 6.56. The SMILES string of the molecule is CC(C)(C)C(O)CCN(CCO)CC(F)(F)F. The zero-order valence-corrected chi connectivity index (χ0v) is 10.6. The number of nitrogens with zero attached hydrogens (tertiary/aromatic N) is 1. The van der Waals surface area contributed by atoms with Crippen LogP contribution in [0.2, 0.25) is 0 Å². The van der Waals surface area contributed by atoms with Crippen molar-refractivity contribution in [1.82, 2.24) is 4.90 Å². The van der Waals surface area contributed by atoms with E-state index in [4.69, 9.17) is 5.11 Å². The second-order valence-electron chi connectivity index (χ2n) is 5.29. The highest BCUT2D eigenvalue weighted by atomic mass is 19.4. The molecule has 6 heteroatoms. The van der Waals surface area contributed by atoms with Crippen LogP contribution in [-0.4, -0.2) is 53.6 Å². The molecule has 3 nitrogen and oxygen atoms in total. The van der Waals surface area contributed by atoms with Gasteiger partial charge in [0.05, 0.1) is 19.3 Å². The van der Waals surface area contributed by atoms with Gasteiger partial charge in [0.2, 0.25) is 0 Å². The molecule has 0 fully saturated rings. The molecular weight excluding hydrogens is 235 g/mol. The molecule has 0 saturated heterocycles. The molecule has 0 aliphatic heterocycles. The zero-order valence-electron chi connectivity index (χ0n) is 10.6. The Labute approximate surface area is 100 Å². The maximum absolute atomic E-state index is 12.2. The Morgan fingerprint density at radius 2 is 1.65 bits per heavy atom. The van der Waals surface area contributed by atoms with Gasteiger partial charge < -0.3 is 10.2 Å². The van der Waals surface area contributed by atoms with Gasteiger partial charge in [0.25, 0.3) is 0 Å². The van der Waals surface area contributed by atoms with Crippen LogP contribution < -0.4 is 0 Å². The standard InChI is InChI=1S/C11H22F3NO2/c1-10(2,3)9(17)4-5-15(6-7-16)8-11(12,13)14/h9,16-17H,4-8H2,1-3H3. The first-order valence-electron chi connectivity index (χ1n) is 5.64. The second-order valence-corrected chi connectivity index (χ2v) is 5.29. The van der Waals surface area contributed by atoms with Gasteiger partial charge >= 0.3 is 6.18 Å². The summed E-state index contributed by atoms with van der Waals surface area (Å²) in [6.45, 7) is 4.22. The number of rotatable bonds is 6. The lowest BCUT2D eigenvalue weighted by molar-refractivity contribution is -0.147. The van der Waals surface area contributed by atoms with Crippen molar-refractivity contribution in [1.29, 1.82) is 0 Å². The smallest absolute Gasteiger partial charge is 0.395 e. The Balaban J connectivity index is 4.18. The fourth-order valence-electron chi connectivity index (χ4n) is 1.40. The average molecular weight is 257 g/mol. The van der Waals surface area contributed by atoms with Gasteiger partial charge in [-0.25, -0.2) is 0 Å². The molecule has 0 aliphatic rings. The Morgan fingerprint density at radius 3 is 2.00 bits per heavy atom. The Hall–Kier alpha value is -0.330. The molecule has 0 radical (unpaired) electrons. The fraction of sp³-hybridized carbons (Fsp3) is 1.00. The monoisotopic (exact) mass is 257 g/mol. The highest BCUT2D eigenvalue weighted by Gasteiger charge is 2.31. The maximum Gasteiger partial charge on any atom is 0.401 e.